The van der Waals surface area contributed by atoms with Crippen molar-refractivity contribution in [2.45, 2.75) is 63.8 Å². The summed E-state index contributed by atoms with van der Waals surface area (Å²) in [6.45, 7) is 8.47. The summed E-state index contributed by atoms with van der Waals surface area (Å²) in [7, 11) is 0. The van der Waals surface area contributed by atoms with E-state index in [9.17, 15) is 18.0 Å². The number of hydrogen-bond acceptors (Lipinski definition) is 4. The summed E-state index contributed by atoms with van der Waals surface area (Å²) in [5.74, 6) is 0. The van der Waals surface area contributed by atoms with Gasteiger partial charge in [-0.2, -0.15) is 13.2 Å². The van der Waals surface area contributed by atoms with E-state index in [2.05, 4.69) is 20.9 Å². The van der Waals surface area contributed by atoms with Gasteiger partial charge >= 0.3 is 12.3 Å². The van der Waals surface area contributed by atoms with Crippen molar-refractivity contribution >= 4 is 22.0 Å². The van der Waals surface area contributed by atoms with E-state index in [1.165, 1.54) is 0 Å². The summed E-state index contributed by atoms with van der Waals surface area (Å²) in [6.07, 6.45) is -4.19. The van der Waals surface area contributed by atoms with E-state index in [-0.39, 0.29) is 28.4 Å². The maximum Gasteiger partial charge on any atom is 0.416 e. The SMILES string of the molecule is CC(OCC1(c2ccccc2)CCN(C(=O)OC(C)(C)C)CC1)c1cc(C(F)(F)F)cc(Br)n1. The zero-order chi connectivity index (χ0) is 25.1. The van der Waals surface area contributed by atoms with Crippen LogP contribution in [0.3, 0.4) is 0 Å². The monoisotopic (exact) mass is 542 g/mol. The third-order valence-electron chi connectivity index (χ3n) is 5.93. The standard InChI is InChI=1S/C25H30BrF3N2O3/c1-17(20-14-19(25(27,28)29)15-21(26)30-20)33-16-24(18-8-6-5-7-9-18)10-12-31(13-11-24)22(32)34-23(2,3)4/h5-9,14-15,17H,10-13,16H2,1-4H3. The summed E-state index contributed by atoms with van der Waals surface area (Å²) < 4.78 is 51.5. The number of alkyl halides is 3. The predicted molar refractivity (Wildman–Crippen MR) is 126 cm³/mol. The molecular weight excluding hydrogens is 513 g/mol. The highest BCUT2D eigenvalue weighted by Crippen LogP contribution is 2.38. The molecule has 2 heterocycles. The molecule has 0 bridgehead atoms. The quantitative estimate of drug-likeness (QED) is 0.385. The molecule has 0 radical (unpaired) electrons. The lowest BCUT2D eigenvalue weighted by Crippen LogP contribution is -2.48. The van der Waals surface area contributed by atoms with Crippen LogP contribution in [-0.2, 0) is 21.1 Å². The van der Waals surface area contributed by atoms with E-state index < -0.39 is 23.4 Å². The molecule has 1 aliphatic rings. The number of hydrogen-bond donors (Lipinski definition) is 0. The molecule has 1 amide bonds. The predicted octanol–water partition coefficient (Wildman–Crippen LogP) is 6.91. The van der Waals surface area contributed by atoms with Gasteiger partial charge in [-0.05, 0) is 74.2 Å². The number of aromatic nitrogens is 1. The fourth-order valence-electron chi connectivity index (χ4n) is 4.01. The van der Waals surface area contributed by atoms with Gasteiger partial charge in [0, 0.05) is 18.5 Å². The van der Waals surface area contributed by atoms with Crippen LogP contribution in [0.5, 0.6) is 0 Å². The lowest BCUT2D eigenvalue weighted by Gasteiger charge is -2.42. The minimum atomic E-state index is -4.47. The summed E-state index contributed by atoms with van der Waals surface area (Å²) in [5, 5.41) is 0. The van der Waals surface area contributed by atoms with E-state index in [1.807, 2.05) is 51.1 Å². The van der Waals surface area contributed by atoms with E-state index in [1.54, 1.807) is 11.8 Å². The molecular formula is C25H30BrF3N2O3. The molecule has 0 N–H and O–H groups in total. The number of benzene rings is 1. The Hall–Kier alpha value is -2.13. The van der Waals surface area contributed by atoms with Crippen molar-refractivity contribution < 1.29 is 27.4 Å². The molecule has 1 atom stereocenters. The maximum atomic E-state index is 13.2. The summed E-state index contributed by atoms with van der Waals surface area (Å²) in [6, 6.07) is 11.9. The minimum Gasteiger partial charge on any atom is -0.444 e. The molecule has 9 heteroatoms. The Morgan fingerprint density at radius 1 is 1.15 bits per heavy atom. The molecule has 1 aliphatic heterocycles. The van der Waals surface area contributed by atoms with Crippen molar-refractivity contribution in [1.82, 2.24) is 9.88 Å². The maximum absolute atomic E-state index is 13.2. The molecule has 1 fully saturated rings. The van der Waals surface area contributed by atoms with Crippen LogP contribution in [-0.4, -0.2) is 41.3 Å². The lowest BCUT2D eigenvalue weighted by molar-refractivity contribution is -0.137. The van der Waals surface area contributed by atoms with Crippen LogP contribution in [0.25, 0.3) is 0 Å². The molecule has 1 aromatic heterocycles. The molecule has 34 heavy (non-hydrogen) atoms. The first-order valence-electron chi connectivity index (χ1n) is 11.2. The van der Waals surface area contributed by atoms with Crippen LogP contribution in [0, 0.1) is 0 Å². The zero-order valence-electron chi connectivity index (χ0n) is 19.8. The van der Waals surface area contributed by atoms with Gasteiger partial charge < -0.3 is 14.4 Å². The van der Waals surface area contributed by atoms with Crippen LogP contribution < -0.4 is 0 Å². The largest absolute Gasteiger partial charge is 0.444 e. The number of piperidine rings is 1. The highest BCUT2D eigenvalue weighted by atomic mass is 79.9. The topological polar surface area (TPSA) is 51.7 Å². The third-order valence-corrected chi connectivity index (χ3v) is 6.33. The fourth-order valence-corrected chi connectivity index (χ4v) is 4.46. The van der Waals surface area contributed by atoms with E-state index >= 15 is 0 Å². The van der Waals surface area contributed by atoms with Crippen molar-refractivity contribution in [2.24, 2.45) is 0 Å². The first kappa shape index (κ1) is 26.5. The van der Waals surface area contributed by atoms with Gasteiger partial charge in [-0.1, -0.05) is 30.3 Å². The van der Waals surface area contributed by atoms with Gasteiger partial charge in [0.05, 0.1) is 24.0 Å². The molecule has 0 spiro atoms. The van der Waals surface area contributed by atoms with Gasteiger partial charge in [-0.3, -0.25) is 0 Å². The molecule has 0 saturated carbocycles. The zero-order valence-corrected chi connectivity index (χ0v) is 21.4. The van der Waals surface area contributed by atoms with Crippen molar-refractivity contribution in [3.8, 4) is 0 Å². The Morgan fingerprint density at radius 3 is 2.32 bits per heavy atom. The highest BCUT2D eigenvalue weighted by molar-refractivity contribution is 9.10. The number of carbonyl (C=O) groups excluding carboxylic acids is 1. The highest BCUT2D eigenvalue weighted by Gasteiger charge is 2.39. The molecule has 2 aromatic rings. The molecule has 3 rings (SSSR count). The van der Waals surface area contributed by atoms with Crippen LogP contribution in [0.2, 0.25) is 0 Å². The number of carbonyl (C=O) groups is 1. The molecule has 186 valence electrons. The first-order chi connectivity index (χ1) is 15.8. The van der Waals surface area contributed by atoms with E-state index in [0.717, 1.165) is 17.7 Å². The molecule has 1 aromatic carbocycles. The smallest absolute Gasteiger partial charge is 0.416 e. The number of amides is 1. The summed E-state index contributed by atoms with van der Waals surface area (Å²) >= 11 is 3.07. The van der Waals surface area contributed by atoms with Crippen LogP contribution in [0.4, 0.5) is 18.0 Å². The van der Waals surface area contributed by atoms with Crippen LogP contribution in [0.1, 0.15) is 63.5 Å². The second kappa shape index (κ2) is 10.2. The van der Waals surface area contributed by atoms with Gasteiger partial charge in [0.2, 0.25) is 0 Å². The molecule has 1 saturated heterocycles. The summed E-state index contributed by atoms with van der Waals surface area (Å²) in [5.41, 5.74) is -0.452. The Kier molecular flexibility index (Phi) is 7.97. The second-order valence-corrected chi connectivity index (χ2v) is 10.5. The fraction of sp³-hybridized carbons (Fsp3) is 0.520. The van der Waals surface area contributed by atoms with E-state index in [0.29, 0.717) is 25.9 Å². The number of pyridine rings is 1. The number of halogens is 4. The van der Waals surface area contributed by atoms with Gasteiger partial charge in [0.25, 0.3) is 0 Å². The molecule has 0 aliphatic carbocycles. The van der Waals surface area contributed by atoms with Crippen molar-refractivity contribution in [3.63, 3.8) is 0 Å². The second-order valence-electron chi connectivity index (χ2n) is 9.67. The van der Waals surface area contributed by atoms with Crippen LogP contribution in [0.15, 0.2) is 47.1 Å². The van der Waals surface area contributed by atoms with Crippen molar-refractivity contribution in [2.75, 3.05) is 19.7 Å². The number of likely N-dealkylation sites (tertiary alicyclic amines) is 1. The van der Waals surface area contributed by atoms with Crippen molar-refractivity contribution in [3.05, 3.63) is 63.9 Å². The third kappa shape index (κ3) is 6.72. The molecule has 1 unspecified atom stereocenters. The van der Waals surface area contributed by atoms with Crippen LogP contribution >= 0.6 is 15.9 Å². The Bertz CT molecular complexity index is 985. The summed E-state index contributed by atoms with van der Waals surface area (Å²) in [4.78, 5) is 18.4. The number of ether oxygens (including phenoxy) is 2. The first-order valence-corrected chi connectivity index (χ1v) is 12.0. The van der Waals surface area contributed by atoms with Gasteiger partial charge in [0.1, 0.15) is 10.2 Å². The number of nitrogens with zero attached hydrogens (tertiary/aromatic N) is 2. The van der Waals surface area contributed by atoms with Crippen molar-refractivity contribution in [1.29, 1.82) is 0 Å². The Balaban J connectivity index is 1.76. The lowest BCUT2D eigenvalue weighted by atomic mass is 9.73. The Labute approximate surface area is 206 Å². The van der Waals surface area contributed by atoms with E-state index in [4.69, 9.17) is 9.47 Å². The Morgan fingerprint density at radius 2 is 1.76 bits per heavy atom. The van der Waals surface area contributed by atoms with Gasteiger partial charge in [-0.25, -0.2) is 9.78 Å². The minimum absolute atomic E-state index is 0.108. The van der Waals surface area contributed by atoms with Gasteiger partial charge in [0.15, 0.2) is 0 Å². The average Bonchev–Trinajstić information content (AvgIpc) is 2.76. The van der Waals surface area contributed by atoms with Gasteiger partial charge in [-0.15, -0.1) is 0 Å². The number of rotatable bonds is 5. The normalized spacial score (nSPS) is 17.4. The molecule has 5 nitrogen and oxygen atoms in total. The average molecular weight is 543 g/mol.